The number of halogens is 1. The Labute approximate surface area is 107 Å². The van der Waals surface area contributed by atoms with Crippen molar-refractivity contribution >= 4 is 16.9 Å². The number of nitrogens with zero attached hydrogens (tertiary/aromatic N) is 3. The van der Waals surface area contributed by atoms with Crippen molar-refractivity contribution in [3.05, 3.63) is 18.3 Å². The van der Waals surface area contributed by atoms with Gasteiger partial charge in [-0.25, -0.2) is 0 Å². The Hall–Kier alpha value is -1.77. The van der Waals surface area contributed by atoms with Crippen LogP contribution in [0.2, 0.25) is 0 Å². The first kappa shape index (κ1) is 12.3. The fourth-order valence-electron chi connectivity index (χ4n) is 2.29. The molecule has 4 atom stereocenters. The highest BCUT2D eigenvalue weighted by atomic mass is 19.1. The Balaban J connectivity index is 2.11. The molecule has 1 aliphatic heterocycles. The summed E-state index contributed by atoms with van der Waals surface area (Å²) < 4.78 is 20.1. The Morgan fingerprint density at radius 2 is 2.11 bits per heavy atom. The molecule has 8 heteroatoms. The van der Waals surface area contributed by atoms with E-state index in [1.807, 2.05) is 0 Å². The highest BCUT2D eigenvalue weighted by molar-refractivity contribution is 5.86. The zero-order valence-corrected chi connectivity index (χ0v) is 10.1. The number of aliphatic hydroxyl groups excluding tert-OH is 2. The lowest BCUT2D eigenvalue weighted by molar-refractivity contribution is -0.0296. The minimum atomic E-state index is -1.12. The molecule has 0 saturated carbocycles. The van der Waals surface area contributed by atoms with Gasteiger partial charge >= 0.3 is 6.08 Å². The fraction of sp³-hybridized carbons (Fsp3) is 0.455. The van der Waals surface area contributed by atoms with Crippen LogP contribution in [0.1, 0.15) is 13.2 Å². The third-order valence-corrected chi connectivity index (χ3v) is 3.33. The Kier molecular flexibility index (Phi) is 2.66. The van der Waals surface area contributed by atoms with Crippen LogP contribution in [0.25, 0.3) is 11.0 Å². The number of aromatic nitrogens is 3. The van der Waals surface area contributed by atoms with Gasteiger partial charge in [-0.1, -0.05) is 0 Å². The molecule has 0 bridgehead atoms. The van der Waals surface area contributed by atoms with Gasteiger partial charge in [0.05, 0.1) is 11.5 Å². The third-order valence-electron chi connectivity index (χ3n) is 3.33. The van der Waals surface area contributed by atoms with E-state index in [1.54, 1.807) is 19.2 Å². The predicted molar refractivity (Wildman–Crippen MR) is 63.5 cm³/mol. The molecule has 2 aromatic rings. The first-order chi connectivity index (χ1) is 8.99. The Morgan fingerprint density at radius 3 is 2.74 bits per heavy atom. The minimum Gasteiger partial charge on any atom is -0.388 e. The maximum atomic E-state index is 13.2. The summed E-state index contributed by atoms with van der Waals surface area (Å²) in [7, 11) is 0. The topological polar surface area (TPSA) is 106 Å². The highest BCUT2D eigenvalue weighted by Gasteiger charge is 2.41. The Bertz CT molecular complexity index is 632. The van der Waals surface area contributed by atoms with Crippen molar-refractivity contribution < 1.29 is 19.3 Å². The van der Waals surface area contributed by atoms with Crippen LogP contribution in [0.4, 0.5) is 10.2 Å². The van der Waals surface area contributed by atoms with Crippen LogP contribution in [0.3, 0.4) is 0 Å². The van der Waals surface area contributed by atoms with Gasteiger partial charge in [-0.2, -0.15) is 14.4 Å². The maximum absolute atomic E-state index is 13.2. The molecule has 0 radical (unpaired) electrons. The molecule has 3 rings (SSSR count). The van der Waals surface area contributed by atoms with E-state index in [-0.39, 0.29) is 11.5 Å². The van der Waals surface area contributed by atoms with E-state index in [1.165, 1.54) is 4.57 Å². The second-order valence-electron chi connectivity index (χ2n) is 4.55. The first-order valence-corrected chi connectivity index (χ1v) is 5.80. The van der Waals surface area contributed by atoms with Gasteiger partial charge in [0, 0.05) is 6.20 Å². The zero-order valence-electron chi connectivity index (χ0n) is 10.1. The summed E-state index contributed by atoms with van der Waals surface area (Å²) >= 11 is 0. The maximum Gasteiger partial charge on any atom is 0.312 e. The van der Waals surface area contributed by atoms with Crippen molar-refractivity contribution in [2.24, 2.45) is 0 Å². The van der Waals surface area contributed by atoms with Gasteiger partial charge in [-0.3, -0.25) is 0 Å². The van der Waals surface area contributed by atoms with Crippen LogP contribution in [0.5, 0.6) is 0 Å². The standard InChI is InChI=1S/C11H13FN4O3/c1-4-6(17)7(18)10(19-4)16-3-2-5-8(13)14-11(12)15-9(5)16/h2-4,6-7,10,17-18H,1H3,(H2,13,14,15)/t4-,6?,7-,10-/m1/s1. The molecule has 19 heavy (non-hydrogen) atoms. The van der Waals surface area contributed by atoms with E-state index in [4.69, 9.17) is 10.5 Å². The van der Waals surface area contributed by atoms with E-state index < -0.39 is 30.6 Å². The van der Waals surface area contributed by atoms with E-state index in [9.17, 15) is 14.6 Å². The van der Waals surface area contributed by atoms with Crippen molar-refractivity contribution in [2.75, 3.05) is 5.73 Å². The van der Waals surface area contributed by atoms with Crippen molar-refractivity contribution in [3.63, 3.8) is 0 Å². The monoisotopic (exact) mass is 268 g/mol. The molecule has 1 aliphatic rings. The molecule has 1 saturated heterocycles. The quantitative estimate of drug-likeness (QED) is 0.618. The summed E-state index contributed by atoms with van der Waals surface area (Å²) in [4.78, 5) is 7.08. The van der Waals surface area contributed by atoms with Crippen LogP contribution >= 0.6 is 0 Å². The SMILES string of the molecule is C[C@H]1O[C@@H](n2ccc3c(N)nc(F)nc32)[C@H](O)C1O. The first-order valence-electron chi connectivity index (χ1n) is 5.80. The summed E-state index contributed by atoms with van der Waals surface area (Å²) in [6, 6.07) is 1.61. The van der Waals surface area contributed by atoms with Crippen LogP contribution in [-0.4, -0.2) is 43.1 Å². The van der Waals surface area contributed by atoms with Crippen molar-refractivity contribution in [2.45, 2.75) is 31.5 Å². The van der Waals surface area contributed by atoms with Gasteiger partial charge in [-0.15, -0.1) is 0 Å². The third kappa shape index (κ3) is 1.76. The number of anilines is 1. The molecule has 0 amide bonds. The van der Waals surface area contributed by atoms with Gasteiger partial charge in [0.15, 0.2) is 11.9 Å². The molecule has 102 valence electrons. The van der Waals surface area contributed by atoms with Crippen molar-refractivity contribution in [3.8, 4) is 0 Å². The van der Waals surface area contributed by atoms with Gasteiger partial charge in [-0.05, 0) is 13.0 Å². The number of aliphatic hydroxyl groups is 2. The molecule has 3 heterocycles. The number of hydrogen-bond acceptors (Lipinski definition) is 6. The van der Waals surface area contributed by atoms with E-state index in [2.05, 4.69) is 9.97 Å². The van der Waals surface area contributed by atoms with Crippen LogP contribution < -0.4 is 5.73 Å². The largest absolute Gasteiger partial charge is 0.388 e. The van der Waals surface area contributed by atoms with E-state index >= 15 is 0 Å². The number of nitrogens with two attached hydrogens (primary N) is 1. The van der Waals surface area contributed by atoms with Crippen LogP contribution in [0.15, 0.2) is 12.3 Å². The van der Waals surface area contributed by atoms with Gasteiger partial charge in [0.25, 0.3) is 0 Å². The number of ether oxygens (including phenoxy) is 1. The second-order valence-corrected chi connectivity index (χ2v) is 4.55. The average molecular weight is 268 g/mol. The summed E-state index contributed by atoms with van der Waals surface area (Å²) in [5.74, 6) is 0.0160. The van der Waals surface area contributed by atoms with E-state index in [0.717, 1.165) is 0 Å². The lowest BCUT2D eigenvalue weighted by atomic mass is 10.1. The number of rotatable bonds is 1. The van der Waals surface area contributed by atoms with Crippen LogP contribution in [-0.2, 0) is 4.74 Å². The van der Waals surface area contributed by atoms with Crippen LogP contribution in [0, 0.1) is 6.08 Å². The number of nitrogen functional groups attached to an aromatic ring is 1. The molecule has 4 N–H and O–H groups in total. The second kappa shape index (κ2) is 4.12. The van der Waals surface area contributed by atoms with Crippen molar-refractivity contribution in [1.29, 1.82) is 0 Å². The summed E-state index contributed by atoms with van der Waals surface area (Å²) in [6.45, 7) is 1.64. The Morgan fingerprint density at radius 1 is 1.37 bits per heavy atom. The normalized spacial score (nSPS) is 31.2. The summed E-state index contributed by atoms with van der Waals surface area (Å²) in [6.07, 6.45) is -2.88. The highest BCUT2D eigenvalue weighted by Crippen LogP contribution is 2.32. The van der Waals surface area contributed by atoms with Gasteiger partial charge in [0.1, 0.15) is 18.0 Å². The average Bonchev–Trinajstić information content (AvgIpc) is 2.86. The number of fused-ring (bicyclic) bond motifs is 1. The lowest BCUT2D eigenvalue weighted by Gasteiger charge is -2.17. The van der Waals surface area contributed by atoms with Gasteiger partial charge in [0.2, 0.25) is 0 Å². The van der Waals surface area contributed by atoms with Crippen molar-refractivity contribution in [1.82, 2.24) is 14.5 Å². The molecule has 0 aromatic carbocycles. The molecular weight excluding hydrogens is 255 g/mol. The fourth-order valence-corrected chi connectivity index (χ4v) is 2.29. The van der Waals surface area contributed by atoms with Gasteiger partial charge < -0.3 is 25.3 Å². The predicted octanol–water partition coefficient (Wildman–Crippen LogP) is -0.208. The summed E-state index contributed by atoms with van der Waals surface area (Å²) in [5, 5.41) is 20.1. The molecule has 1 fully saturated rings. The molecular formula is C11H13FN4O3. The molecule has 0 spiro atoms. The smallest absolute Gasteiger partial charge is 0.312 e. The lowest BCUT2D eigenvalue weighted by Crippen LogP contribution is -2.30. The number of hydrogen-bond donors (Lipinski definition) is 3. The molecule has 0 aliphatic carbocycles. The molecule has 1 unspecified atom stereocenters. The summed E-state index contributed by atoms with van der Waals surface area (Å²) in [5.41, 5.74) is 5.82. The molecule has 2 aromatic heterocycles. The minimum absolute atomic E-state index is 0.0160. The molecule has 7 nitrogen and oxygen atoms in total. The van der Waals surface area contributed by atoms with E-state index in [0.29, 0.717) is 5.39 Å². The zero-order chi connectivity index (χ0) is 13.7.